The lowest BCUT2D eigenvalue weighted by Crippen LogP contribution is -2.43. The van der Waals surface area contributed by atoms with E-state index in [0.29, 0.717) is 5.02 Å². The molecule has 0 amide bonds. The highest BCUT2D eigenvalue weighted by molar-refractivity contribution is 7.89. The Hall–Kier alpha value is -1.92. The standard InChI is InChI=1S/C23H26ClNO2SSi/c1-17-12-14-20(15-13-17)28(26,27)25-23(18-8-7-9-19(24)16-18)21-10-5-6-11-22(21)29(2,3)4/h5-16,23,25H,1-4H3/t23-/m0/s1. The summed E-state index contributed by atoms with van der Waals surface area (Å²) in [5.74, 6) is 0. The minimum Gasteiger partial charge on any atom is -0.207 e. The van der Waals surface area contributed by atoms with Crippen LogP contribution in [0.1, 0.15) is 22.7 Å². The molecule has 0 heterocycles. The number of aryl methyl sites for hydroxylation is 1. The zero-order chi connectivity index (χ0) is 21.2. The summed E-state index contributed by atoms with van der Waals surface area (Å²) in [6.07, 6.45) is 0. The molecule has 0 fully saturated rings. The van der Waals surface area contributed by atoms with Crippen LogP contribution < -0.4 is 9.91 Å². The number of hydrogen-bond donors (Lipinski definition) is 1. The zero-order valence-corrected chi connectivity index (χ0v) is 19.7. The summed E-state index contributed by atoms with van der Waals surface area (Å²) >= 11 is 6.24. The first-order valence-electron chi connectivity index (χ1n) is 9.52. The van der Waals surface area contributed by atoms with Gasteiger partial charge in [0.25, 0.3) is 0 Å². The van der Waals surface area contributed by atoms with E-state index < -0.39 is 24.1 Å². The molecule has 1 N–H and O–H groups in total. The molecule has 0 aromatic heterocycles. The number of benzene rings is 3. The molecule has 29 heavy (non-hydrogen) atoms. The van der Waals surface area contributed by atoms with E-state index in [1.54, 1.807) is 30.3 Å². The van der Waals surface area contributed by atoms with Crippen LogP contribution in [-0.4, -0.2) is 16.5 Å². The Kier molecular flexibility index (Phi) is 6.34. The van der Waals surface area contributed by atoms with E-state index in [9.17, 15) is 8.42 Å². The molecular formula is C23H26ClNO2SSi. The van der Waals surface area contributed by atoms with Gasteiger partial charge in [0, 0.05) is 5.02 Å². The molecular weight excluding hydrogens is 418 g/mol. The van der Waals surface area contributed by atoms with Crippen molar-refractivity contribution in [3.8, 4) is 0 Å². The van der Waals surface area contributed by atoms with Gasteiger partial charge in [-0.2, -0.15) is 4.72 Å². The van der Waals surface area contributed by atoms with Crippen molar-refractivity contribution in [3.63, 3.8) is 0 Å². The van der Waals surface area contributed by atoms with Crippen LogP contribution in [-0.2, 0) is 10.0 Å². The first-order chi connectivity index (χ1) is 13.6. The highest BCUT2D eigenvalue weighted by atomic mass is 35.5. The van der Waals surface area contributed by atoms with E-state index in [-0.39, 0.29) is 4.90 Å². The van der Waals surface area contributed by atoms with Crippen molar-refractivity contribution >= 4 is 34.9 Å². The van der Waals surface area contributed by atoms with E-state index in [2.05, 4.69) is 30.4 Å². The number of sulfonamides is 1. The van der Waals surface area contributed by atoms with E-state index >= 15 is 0 Å². The maximum Gasteiger partial charge on any atom is 0.241 e. The third-order valence-corrected chi connectivity index (χ3v) is 8.61. The van der Waals surface area contributed by atoms with E-state index in [1.807, 2.05) is 43.3 Å². The maximum absolute atomic E-state index is 13.2. The van der Waals surface area contributed by atoms with Crippen molar-refractivity contribution in [2.45, 2.75) is 37.5 Å². The van der Waals surface area contributed by atoms with Crippen LogP contribution >= 0.6 is 11.6 Å². The normalized spacial score (nSPS) is 13.3. The van der Waals surface area contributed by atoms with Gasteiger partial charge in [-0.05, 0) is 42.3 Å². The summed E-state index contributed by atoms with van der Waals surface area (Å²) in [5.41, 5.74) is 2.81. The fourth-order valence-electron chi connectivity index (χ4n) is 3.37. The van der Waals surface area contributed by atoms with E-state index in [4.69, 9.17) is 11.6 Å². The molecule has 0 unspecified atom stereocenters. The van der Waals surface area contributed by atoms with Crippen LogP contribution in [0.2, 0.25) is 24.7 Å². The Morgan fingerprint density at radius 2 is 1.55 bits per heavy atom. The molecule has 0 aliphatic carbocycles. The second-order valence-corrected chi connectivity index (χ2v) is 15.4. The average molecular weight is 444 g/mol. The predicted molar refractivity (Wildman–Crippen MR) is 124 cm³/mol. The number of halogens is 1. The molecule has 0 aliphatic heterocycles. The first-order valence-corrected chi connectivity index (χ1v) is 14.9. The van der Waals surface area contributed by atoms with Gasteiger partial charge in [0.2, 0.25) is 10.0 Å². The lowest BCUT2D eigenvalue weighted by molar-refractivity contribution is 0.572. The Morgan fingerprint density at radius 1 is 0.897 bits per heavy atom. The molecule has 3 nitrogen and oxygen atoms in total. The van der Waals surface area contributed by atoms with Crippen molar-refractivity contribution in [1.82, 2.24) is 4.72 Å². The van der Waals surface area contributed by atoms with Gasteiger partial charge in [-0.1, -0.05) is 90.5 Å². The largest absolute Gasteiger partial charge is 0.241 e. The molecule has 3 aromatic rings. The third kappa shape index (κ3) is 5.17. The third-order valence-electron chi connectivity index (χ3n) is 4.87. The summed E-state index contributed by atoms with van der Waals surface area (Å²) in [7, 11) is -5.44. The number of rotatable bonds is 6. The van der Waals surface area contributed by atoms with Gasteiger partial charge in [-0.25, -0.2) is 8.42 Å². The topological polar surface area (TPSA) is 46.2 Å². The van der Waals surface area contributed by atoms with E-state index in [0.717, 1.165) is 16.7 Å². The predicted octanol–water partition coefficient (Wildman–Crippen LogP) is 5.26. The zero-order valence-electron chi connectivity index (χ0n) is 17.1. The van der Waals surface area contributed by atoms with E-state index in [1.165, 1.54) is 5.19 Å². The van der Waals surface area contributed by atoms with Crippen molar-refractivity contribution in [2.75, 3.05) is 0 Å². The monoisotopic (exact) mass is 443 g/mol. The lowest BCUT2D eigenvalue weighted by atomic mass is 9.99. The van der Waals surface area contributed by atoms with Crippen molar-refractivity contribution < 1.29 is 8.42 Å². The van der Waals surface area contributed by atoms with Gasteiger partial charge in [0.15, 0.2) is 0 Å². The molecule has 0 spiro atoms. The molecule has 0 radical (unpaired) electrons. The van der Waals surface area contributed by atoms with Crippen LogP contribution in [0.5, 0.6) is 0 Å². The second kappa shape index (κ2) is 8.44. The summed E-state index contributed by atoms with van der Waals surface area (Å²) in [4.78, 5) is 0.251. The quantitative estimate of drug-likeness (QED) is 0.528. The summed E-state index contributed by atoms with van der Waals surface area (Å²) in [6, 6.07) is 21.8. The lowest BCUT2D eigenvalue weighted by Gasteiger charge is -2.27. The van der Waals surface area contributed by atoms with Gasteiger partial charge < -0.3 is 0 Å². The Bertz CT molecular complexity index is 1110. The molecule has 3 rings (SSSR count). The van der Waals surface area contributed by atoms with Gasteiger partial charge in [-0.15, -0.1) is 0 Å². The molecule has 0 saturated heterocycles. The van der Waals surface area contributed by atoms with Crippen molar-refractivity contribution in [1.29, 1.82) is 0 Å². The minimum atomic E-state index is -3.73. The molecule has 0 saturated carbocycles. The number of nitrogens with one attached hydrogen (secondary N) is 1. The molecule has 1 atom stereocenters. The highest BCUT2D eigenvalue weighted by Crippen LogP contribution is 2.27. The highest BCUT2D eigenvalue weighted by Gasteiger charge is 2.28. The Labute approximate surface area is 179 Å². The summed E-state index contributed by atoms with van der Waals surface area (Å²) in [6.45, 7) is 8.71. The van der Waals surface area contributed by atoms with Crippen LogP contribution in [0.4, 0.5) is 0 Å². The Balaban J connectivity index is 2.14. The van der Waals surface area contributed by atoms with Crippen LogP contribution in [0.25, 0.3) is 0 Å². The Morgan fingerprint density at radius 3 is 2.17 bits per heavy atom. The number of hydrogen-bond acceptors (Lipinski definition) is 2. The smallest absolute Gasteiger partial charge is 0.207 e. The summed E-state index contributed by atoms with van der Waals surface area (Å²) < 4.78 is 29.4. The fourth-order valence-corrected chi connectivity index (χ4v) is 6.46. The van der Waals surface area contributed by atoms with Gasteiger partial charge in [-0.3, -0.25) is 0 Å². The van der Waals surface area contributed by atoms with Crippen LogP contribution in [0.3, 0.4) is 0 Å². The van der Waals surface area contributed by atoms with Gasteiger partial charge >= 0.3 is 0 Å². The molecule has 0 bridgehead atoms. The summed E-state index contributed by atoms with van der Waals surface area (Å²) in [5, 5.41) is 1.80. The SMILES string of the molecule is Cc1ccc(S(=O)(=O)N[C@@H](c2cccc(Cl)c2)c2ccccc2[Si](C)(C)C)cc1. The average Bonchev–Trinajstić information content (AvgIpc) is 2.66. The minimum absolute atomic E-state index is 0.251. The second-order valence-electron chi connectivity index (χ2n) is 8.26. The van der Waals surface area contributed by atoms with Crippen LogP contribution in [0.15, 0.2) is 77.7 Å². The molecule has 6 heteroatoms. The maximum atomic E-state index is 13.2. The van der Waals surface area contributed by atoms with Gasteiger partial charge in [0.05, 0.1) is 19.0 Å². The van der Waals surface area contributed by atoms with Crippen LogP contribution in [0, 0.1) is 6.92 Å². The molecule has 3 aromatic carbocycles. The van der Waals surface area contributed by atoms with Crippen molar-refractivity contribution in [2.24, 2.45) is 0 Å². The first kappa shape index (κ1) is 21.8. The molecule has 0 aliphatic rings. The molecule has 152 valence electrons. The fraction of sp³-hybridized carbons (Fsp3) is 0.217. The van der Waals surface area contributed by atoms with Crippen molar-refractivity contribution in [3.05, 3.63) is 94.5 Å². The van der Waals surface area contributed by atoms with Gasteiger partial charge in [0.1, 0.15) is 0 Å².